The molecule has 0 bridgehead atoms. The topological polar surface area (TPSA) is 73.2 Å². The van der Waals surface area contributed by atoms with Crippen molar-refractivity contribution in [1.82, 2.24) is 9.66 Å². The van der Waals surface area contributed by atoms with Gasteiger partial charge >= 0.3 is 0 Å². The minimum Gasteiger partial charge on any atom is -0.497 e. The Kier molecular flexibility index (Phi) is 3.57. The average molecular weight is 295 g/mol. The molecule has 2 aromatic carbocycles. The minimum atomic E-state index is -0.401. The number of ether oxygens (including phenoxy) is 1. The van der Waals surface area contributed by atoms with Crippen molar-refractivity contribution in [3.8, 4) is 5.75 Å². The first kappa shape index (κ1) is 13.8. The third-order valence-corrected chi connectivity index (χ3v) is 3.24. The molecule has 0 unspecified atom stereocenters. The van der Waals surface area contributed by atoms with Gasteiger partial charge in [-0.05, 0) is 36.4 Å². The van der Waals surface area contributed by atoms with Crippen molar-refractivity contribution in [3.05, 3.63) is 70.8 Å². The Morgan fingerprint density at radius 3 is 2.59 bits per heavy atom. The van der Waals surface area contributed by atoms with Crippen molar-refractivity contribution in [1.29, 1.82) is 0 Å². The van der Waals surface area contributed by atoms with E-state index in [4.69, 9.17) is 4.74 Å². The zero-order valence-electron chi connectivity index (χ0n) is 11.8. The fourth-order valence-electron chi connectivity index (χ4n) is 2.07. The molecule has 1 amide bonds. The van der Waals surface area contributed by atoms with Gasteiger partial charge in [0.15, 0.2) is 0 Å². The van der Waals surface area contributed by atoms with Gasteiger partial charge in [0.1, 0.15) is 12.1 Å². The Balaban J connectivity index is 1.90. The van der Waals surface area contributed by atoms with Gasteiger partial charge in [-0.25, -0.2) is 9.66 Å². The number of methoxy groups -OCH3 is 1. The monoisotopic (exact) mass is 295 g/mol. The lowest BCUT2D eigenvalue weighted by Crippen LogP contribution is -2.33. The molecule has 0 saturated heterocycles. The van der Waals surface area contributed by atoms with Crippen molar-refractivity contribution in [3.63, 3.8) is 0 Å². The number of benzene rings is 2. The Morgan fingerprint density at radius 2 is 1.86 bits per heavy atom. The molecule has 1 heterocycles. The molecule has 0 atom stereocenters. The predicted octanol–water partition coefficient (Wildman–Crippen LogP) is 1.79. The Labute approximate surface area is 126 Å². The van der Waals surface area contributed by atoms with Crippen LogP contribution in [0.15, 0.2) is 59.7 Å². The number of nitrogens with zero attached hydrogens (tertiary/aromatic N) is 2. The van der Waals surface area contributed by atoms with Crippen LogP contribution in [0.1, 0.15) is 10.4 Å². The van der Waals surface area contributed by atoms with Crippen LogP contribution < -0.4 is 15.7 Å². The fraction of sp³-hybridized carbons (Fsp3) is 0.0625. The smallest absolute Gasteiger partial charge is 0.280 e. The second kappa shape index (κ2) is 5.69. The lowest BCUT2D eigenvalue weighted by Gasteiger charge is -2.09. The van der Waals surface area contributed by atoms with E-state index in [0.29, 0.717) is 22.2 Å². The van der Waals surface area contributed by atoms with Gasteiger partial charge in [0.2, 0.25) is 0 Å². The van der Waals surface area contributed by atoms with Gasteiger partial charge in [-0.3, -0.25) is 15.0 Å². The molecule has 1 aromatic heterocycles. The van der Waals surface area contributed by atoms with Crippen LogP contribution in [0.2, 0.25) is 0 Å². The zero-order chi connectivity index (χ0) is 15.5. The van der Waals surface area contributed by atoms with Crippen LogP contribution >= 0.6 is 0 Å². The van der Waals surface area contributed by atoms with E-state index in [0.717, 1.165) is 4.68 Å². The van der Waals surface area contributed by atoms with E-state index in [1.165, 1.54) is 6.33 Å². The van der Waals surface area contributed by atoms with Gasteiger partial charge in [0.05, 0.1) is 18.0 Å². The number of nitrogens with one attached hydrogen (secondary N) is 1. The first-order chi connectivity index (χ1) is 10.7. The quantitative estimate of drug-likeness (QED) is 0.799. The number of aromatic nitrogens is 2. The Morgan fingerprint density at radius 1 is 1.14 bits per heavy atom. The number of rotatable bonds is 3. The first-order valence-corrected chi connectivity index (χ1v) is 6.61. The van der Waals surface area contributed by atoms with Crippen LogP contribution in [-0.2, 0) is 0 Å². The highest BCUT2D eigenvalue weighted by atomic mass is 16.5. The first-order valence-electron chi connectivity index (χ1n) is 6.61. The second-order valence-electron chi connectivity index (χ2n) is 4.61. The third-order valence-electron chi connectivity index (χ3n) is 3.24. The minimum absolute atomic E-state index is 0.326. The standard InChI is InChI=1S/C16H13N3O3/c1-22-12-8-6-11(7-9-12)15(20)18-19-10-17-14-5-3-2-4-13(14)16(19)21/h2-10H,1H3,(H,18,20). The van der Waals surface area contributed by atoms with Crippen molar-refractivity contribution >= 4 is 16.8 Å². The van der Waals surface area contributed by atoms with Gasteiger partial charge < -0.3 is 4.74 Å². The van der Waals surface area contributed by atoms with Crippen molar-refractivity contribution < 1.29 is 9.53 Å². The van der Waals surface area contributed by atoms with Crippen LogP contribution in [0.5, 0.6) is 5.75 Å². The summed E-state index contributed by atoms with van der Waals surface area (Å²) >= 11 is 0. The van der Waals surface area contributed by atoms with Crippen LogP contribution in [0.25, 0.3) is 10.9 Å². The van der Waals surface area contributed by atoms with Crippen LogP contribution in [0.3, 0.4) is 0 Å². The van der Waals surface area contributed by atoms with E-state index < -0.39 is 5.91 Å². The largest absolute Gasteiger partial charge is 0.497 e. The summed E-state index contributed by atoms with van der Waals surface area (Å²) in [5, 5.41) is 0.444. The van der Waals surface area contributed by atoms with Gasteiger partial charge in [-0.2, -0.15) is 0 Å². The number of carbonyl (C=O) groups excluding carboxylic acids is 1. The van der Waals surface area contributed by atoms with E-state index in [-0.39, 0.29) is 5.56 Å². The molecule has 0 saturated carbocycles. The number of hydrogen-bond donors (Lipinski definition) is 1. The molecule has 0 spiro atoms. The Hall–Kier alpha value is -3.15. The number of para-hydroxylation sites is 1. The van der Waals surface area contributed by atoms with E-state index in [9.17, 15) is 9.59 Å². The highest BCUT2D eigenvalue weighted by molar-refractivity contribution is 6.00. The molecular formula is C16H13N3O3. The summed E-state index contributed by atoms with van der Waals surface area (Å²) in [6.45, 7) is 0. The number of amides is 1. The van der Waals surface area contributed by atoms with Crippen molar-refractivity contribution in [2.45, 2.75) is 0 Å². The summed E-state index contributed by atoms with van der Waals surface area (Å²) in [7, 11) is 1.55. The summed E-state index contributed by atoms with van der Waals surface area (Å²) in [6, 6.07) is 13.6. The molecule has 0 aliphatic carbocycles. The summed E-state index contributed by atoms with van der Waals surface area (Å²) in [4.78, 5) is 28.6. The van der Waals surface area contributed by atoms with Gasteiger partial charge in [0, 0.05) is 5.56 Å². The van der Waals surface area contributed by atoms with Crippen LogP contribution in [-0.4, -0.2) is 22.7 Å². The molecule has 22 heavy (non-hydrogen) atoms. The van der Waals surface area contributed by atoms with Crippen LogP contribution in [0.4, 0.5) is 0 Å². The molecule has 3 rings (SSSR count). The maximum Gasteiger partial charge on any atom is 0.280 e. The van der Waals surface area contributed by atoms with E-state index in [2.05, 4.69) is 10.4 Å². The van der Waals surface area contributed by atoms with E-state index in [1.54, 1.807) is 55.6 Å². The molecule has 0 radical (unpaired) electrons. The molecule has 6 heteroatoms. The molecule has 3 aromatic rings. The molecule has 110 valence electrons. The summed E-state index contributed by atoms with van der Waals surface area (Å²) in [5.74, 6) is 0.253. The Bertz CT molecular complexity index is 885. The summed E-state index contributed by atoms with van der Waals surface area (Å²) < 4.78 is 6.12. The third kappa shape index (κ3) is 2.54. The second-order valence-corrected chi connectivity index (χ2v) is 4.61. The molecule has 0 aliphatic heterocycles. The lowest BCUT2D eigenvalue weighted by atomic mass is 10.2. The molecule has 0 aliphatic rings. The van der Waals surface area contributed by atoms with Crippen LogP contribution in [0, 0.1) is 0 Å². The van der Waals surface area contributed by atoms with Gasteiger partial charge in [0.25, 0.3) is 11.5 Å². The molecule has 0 fully saturated rings. The molecule has 6 nitrogen and oxygen atoms in total. The zero-order valence-corrected chi connectivity index (χ0v) is 11.8. The molecule has 1 N–H and O–H groups in total. The van der Waals surface area contributed by atoms with E-state index >= 15 is 0 Å². The normalized spacial score (nSPS) is 10.4. The van der Waals surface area contributed by atoms with Gasteiger partial charge in [-0.1, -0.05) is 12.1 Å². The summed E-state index contributed by atoms with van der Waals surface area (Å²) in [5.41, 5.74) is 3.19. The van der Waals surface area contributed by atoms with Crippen molar-refractivity contribution in [2.24, 2.45) is 0 Å². The maximum absolute atomic E-state index is 12.3. The highest BCUT2D eigenvalue weighted by Crippen LogP contribution is 2.11. The fourth-order valence-corrected chi connectivity index (χ4v) is 2.07. The number of carbonyl (C=O) groups is 1. The summed E-state index contributed by atoms with van der Waals surface area (Å²) in [6.07, 6.45) is 1.30. The SMILES string of the molecule is COc1ccc(C(=O)Nn2cnc3ccccc3c2=O)cc1. The highest BCUT2D eigenvalue weighted by Gasteiger charge is 2.09. The predicted molar refractivity (Wildman–Crippen MR) is 82.7 cm³/mol. The van der Waals surface area contributed by atoms with E-state index in [1.807, 2.05) is 0 Å². The average Bonchev–Trinajstić information content (AvgIpc) is 2.57. The van der Waals surface area contributed by atoms with Crippen molar-refractivity contribution in [2.75, 3.05) is 12.5 Å². The van der Waals surface area contributed by atoms with Gasteiger partial charge in [-0.15, -0.1) is 0 Å². The lowest BCUT2D eigenvalue weighted by molar-refractivity contribution is 0.101. The number of hydrogen-bond acceptors (Lipinski definition) is 4. The maximum atomic E-state index is 12.3. The molecular weight excluding hydrogens is 282 g/mol. The number of fused-ring (bicyclic) bond motifs is 1.